The number of carboxylic acid groups (broad SMARTS) is 1. The van der Waals surface area contributed by atoms with Crippen molar-refractivity contribution in [2.45, 2.75) is 0 Å². The largest absolute Gasteiger partial charge is 0.477 e. The van der Waals surface area contributed by atoms with Gasteiger partial charge in [0.15, 0.2) is 0 Å². The summed E-state index contributed by atoms with van der Waals surface area (Å²) < 4.78 is 0. The molecule has 0 aromatic carbocycles. The molecule has 0 atom stereocenters. The minimum absolute atomic E-state index is 0.289. The molecule has 0 fully saturated rings. The molecule has 0 spiro atoms. The molecule has 1 heterocycles. The summed E-state index contributed by atoms with van der Waals surface area (Å²) in [6.45, 7) is 0. The first-order valence-corrected chi connectivity index (χ1v) is 3.47. The van der Waals surface area contributed by atoms with Crippen molar-refractivity contribution in [3.63, 3.8) is 0 Å². The van der Waals surface area contributed by atoms with Crippen molar-refractivity contribution < 1.29 is 9.90 Å². The van der Waals surface area contributed by atoms with Gasteiger partial charge < -0.3 is 5.11 Å². The Kier molecular flexibility index (Phi) is 2.28. The van der Waals surface area contributed by atoms with Gasteiger partial charge in [0.2, 0.25) is 0 Å². The smallest absolute Gasteiger partial charge is 0.342 e. The number of aliphatic imine (C=N–C) groups is 1. The predicted octanol–water partition coefficient (Wildman–Crippen LogP) is 1.24. The summed E-state index contributed by atoms with van der Waals surface area (Å²) in [4.78, 5) is 14.3. The maximum absolute atomic E-state index is 10.3. The van der Waals surface area contributed by atoms with Crippen LogP contribution in [0.15, 0.2) is 27.6 Å². The van der Waals surface area contributed by atoms with Crippen LogP contribution in [-0.2, 0) is 4.79 Å². The number of hydrogen-bond donors (Lipinski definition) is 1. The number of carboxylic acids is 1. The van der Waals surface area contributed by atoms with Gasteiger partial charge in [0.25, 0.3) is 0 Å². The summed E-state index contributed by atoms with van der Waals surface area (Å²) in [7, 11) is 0. The predicted molar refractivity (Wildman–Crippen MR) is 40.9 cm³/mol. The average molecular weight is 155 g/mol. The second-order valence-corrected chi connectivity index (χ2v) is 2.48. The molecule has 0 saturated heterocycles. The van der Waals surface area contributed by atoms with Gasteiger partial charge in [-0.3, -0.25) is 4.99 Å². The normalized spacial score (nSPS) is 16.2. The monoisotopic (exact) mass is 155 g/mol. The summed E-state index contributed by atoms with van der Waals surface area (Å²) in [5.74, 6) is -0.914. The Labute approximate surface area is 62.2 Å². The molecule has 0 bridgehead atoms. The van der Waals surface area contributed by atoms with E-state index in [1.54, 1.807) is 11.6 Å². The molecular formula is C6H5NO2S. The first-order chi connectivity index (χ1) is 4.80. The van der Waals surface area contributed by atoms with Crippen LogP contribution < -0.4 is 0 Å². The number of nitrogens with zero attached hydrogens (tertiary/aromatic N) is 1. The summed E-state index contributed by atoms with van der Waals surface area (Å²) >= 11 is 1.15. The van der Waals surface area contributed by atoms with Crippen molar-refractivity contribution >= 4 is 23.9 Å². The maximum Gasteiger partial charge on any atom is 0.342 e. The number of hydrogen-bond acceptors (Lipinski definition) is 3. The zero-order valence-corrected chi connectivity index (χ0v) is 5.84. The minimum atomic E-state index is -0.914. The van der Waals surface area contributed by atoms with E-state index in [0.29, 0.717) is 0 Å². The van der Waals surface area contributed by atoms with Gasteiger partial charge in [-0.15, -0.1) is 0 Å². The van der Waals surface area contributed by atoms with Crippen LogP contribution in [0, 0.1) is 0 Å². The molecule has 3 nitrogen and oxygen atoms in total. The quantitative estimate of drug-likeness (QED) is 0.619. The molecule has 52 valence electrons. The topological polar surface area (TPSA) is 49.7 Å². The molecule has 0 aromatic rings. The van der Waals surface area contributed by atoms with E-state index in [-0.39, 0.29) is 4.91 Å². The number of rotatable bonds is 1. The van der Waals surface area contributed by atoms with Crippen molar-refractivity contribution in [1.82, 2.24) is 0 Å². The van der Waals surface area contributed by atoms with Gasteiger partial charge in [0, 0.05) is 12.4 Å². The number of aliphatic carboxylic acids is 1. The molecule has 1 aliphatic heterocycles. The van der Waals surface area contributed by atoms with E-state index in [9.17, 15) is 4.79 Å². The Morgan fingerprint density at radius 3 is 3.20 bits per heavy atom. The summed E-state index contributed by atoms with van der Waals surface area (Å²) in [5.41, 5.74) is 0. The summed E-state index contributed by atoms with van der Waals surface area (Å²) in [5, 5.41) is 10.1. The fourth-order valence-electron chi connectivity index (χ4n) is 0.460. The molecule has 10 heavy (non-hydrogen) atoms. The van der Waals surface area contributed by atoms with Crippen LogP contribution in [-0.4, -0.2) is 17.3 Å². The maximum atomic E-state index is 10.3. The van der Waals surface area contributed by atoms with E-state index >= 15 is 0 Å². The molecule has 0 saturated carbocycles. The van der Waals surface area contributed by atoms with E-state index in [0.717, 1.165) is 11.8 Å². The second-order valence-electron chi connectivity index (χ2n) is 1.54. The lowest BCUT2D eigenvalue weighted by molar-refractivity contribution is -0.131. The first kappa shape index (κ1) is 7.08. The Hall–Kier alpha value is -1.03. The van der Waals surface area contributed by atoms with Crippen LogP contribution in [0.5, 0.6) is 0 Å². The molecule has 1 aliphatic rings. The van der Waals surface area contributed by atoms with Gasteiger partial charge in [-0.2, -0.15) is 0 Å². The van der Waals surface area contributed by atoms with Crippen molar-refractivity contribution in [3.8, 4) is 0 Å². The molecule has 0 aromatic heterocycles. The second kappa shape index (κ2) is 3.22. The molecule has 0 radical (unpaired) electrons. The Morgan fingerprint density at radius 1 is 1.70 bits per heavy atom. The minimum Gasteiger partial charge on any atom is -0.477 e. The lowest BCUT2D eigenvalue weighted by Crippen LogP contribution is -1.95. The van der Waals surface area contributed by atoms with Crippen molar-refractivity contribution in [3.05, 3.63) is 22.6 Å². The van der Waals surface area contributed by atoms with Crippen molar-refractivity contribution in [1.29, 1.82) is 0 Å². The molecule has 0 aliphatic carbocycles. The number of allylic oxidation sites excluding steroid dienone is 1. The fourth-order valence-corrected chi connectivity index (χ4v) is 0.978. The van der Waals surface area contributed by atoms with E-state index in [1.165, 1.54) is 12.3 Å². The third kappa shape index (κ3) is 1.73. The highest BCUT2D eigenvalue weighted by Crippen LogP contribution is 2.17. The average Bonchev–Trinajstić information content (AvgIpc) is 2.12. The van der Waals surface area contributed by atoms with Gasteiger partial charge in [-0.25, -0.2) is 4.79 Å². The molecule has 0 unspecified atom stereocenters. The highest BCUT2D eigenvalue weighted by Gasteiger charge is 2.04. The number of carbonyl (C=O) groups is 1. The molecule has 1 N–H and O–H groups in total. The summed E-state index contributed by atoms with van der Waals surface area (Å²) in [6, 6.07) is 0. The Bertz CT molecular complexity index is 230. The van der Waals surface area contributed by atoms with E-state index in [1.807, 2.05) is 0 Å². The van der Waals surface area contributed by atoms with E-state index in [4.69, 9.17) is 5.11 Å². The third-order valence-electron chi connectivity index (χ3n) is 0.865. The van der Waals surface area contributed by atoms with Gasteiger partial charge in [-0.1, -0.05) is 11.8 Å². The highest BCUT2D eigenvalue weighted by atomic mass is 32.2. The van der Waals surface area contributed by atoms with Gasteiger partial charge in [-0.05, 0) is 11.5 Å². The zero-order valence-electron chi connectivity index (χ0n) is 5.02. The van der Waals surface area contributed by atoms with E-state index in [2.05, 4.69) is 4.99 Å². The first-order valence-electron chi connectivity index (χ1n) is 2.59. The highest BCUT2D eigenvalue weighted by molar-refractivity contribution is 8.06. The van der Waals surface area contributed by atoms with Crippen molar-refractivity contribution in [2.75, 3.05) is 0 Å². The van der Waals surface area contributed by atoms with E-state index < -0.39 is 5.97 Å². The standard InChI is InChI=1S/C6H5NO2S/c8-6(9)5-1-2-7-3-4-10-5/h1-4H,(H,8,9). The number of thioether (sulfide) groups is 1. The molecule has 4 heteroatoms. The zero-order chi connectivity index (χ0) is 7.40. The molecule has 0 amide bonds. The van der Waals surface area contributed by atoms with Crippen LogP contribution in [0.3, 0.4) is 0 Å². The lowest BCUT2D eigenvalue weighted by atomic mass is 10.5. The van der Waals surface area contributed by atoms with Crippen LogP contribution in [0.1, 0.15) is 0 Å². The van der Waals surface area contributed by atoms with Gasteiger partial charge >= 0.3 is 5.97 Å². The Morgan fingerprint density at radius 2 is 2.50 bits per heavy atom. The lowest BCUT2D eigenvalue weighted by Gasteiger charge is -1.90. The fraction of sp³-hybridized carbons (Fsp3) is 0. The Balaban J connectivity index is 2.78. The van der Waals surface area contributed by atoms with Crippen LogP contribution >= 0.6 is 11.8 Å². The van der Waals surface area contributed by atoms with Gasteiger partial charge in [0.1, 0.15) is 0 Å². The van der Waals surface area contributed by atoms with Crippen molar-refractivity contribution in [2.24, 2.45) is 4.99 Å². The van der Waals surface area contributed by atoms with Crippen LogP contribution in [0.2, 0.25) is 0 Å². The van der Waals surface area contributed by atoms with Crippen LogP contribution in [0.4, 0.5) is 0 Å². The summed E-state index contributed by atoms with van der Waals surface area (Å²) in [6.07, 6.45) is 4.48. The third-order valence-corrected chi connectivity index (χ3v) is 1.69. The molecule has 1 rings (SSSR count). The van der Waals surface area contributed by atoms with Crippen LogP contribution in [0.25, 0.3) is 0 Å². The van der Waals surface area contributed by atoms with Gasteiger partial charge in [0.05, 0.1) is 4.91 Å². The molecular weight excluding hydrogens is 150 g/mol. The SMILES string of the molecule is O=C(O)C1=CC=NC=CS1.